The summed E-state index contributed by atoms with van der Waals surface area (Å²) in [5, 5.41) is 0. The van der Waals surface area contributed by atoms with Crippen molar-refractivity contribution in [3.05, 3.63) is 35.4 Å². The van der Waals surface area contributed by atoms with Crippen molar-refractivity contribution in [1.82, 2.24) is 4.90 Å². The van der Waals surface area contributed by atoms with Gasteiger partial charge in [-0.15, -0.1) is 0 Å². The molecule has 0 fully saturated rings. The van der Waals surface area contributed by atoms with E-state index in [1.54, 1.807) is 0 Å². The Morgan fingerprint density at radius 3 is 2.44 bits per heavy atom. The third kappa shape index (κ3) is 4.49. The SMILES string of the molecule is CC(C)CCN(C)C(=O)Cc1ccccc1CN. The van der Waals surface area contributed by atoms with Crippen LogP contribution in [-0.2, 0) is 17.8 Å². The number of benzene rings is 1. The van der Waals surface area contributed by atoms with Crippen LogP contribution in [0.5, 0.6) is 0 Å². The first-order chi connectivity index (χ1) is 8.54. The molecule has 18 heavy (non-hydrogen) atoms. The fraction of sp³-hybridized carbons (Fsp3) is 0.533. The van der Waals surface area contributed by atoms with Gasteiger partial charge in [-0.25, -0.2) is 0 Å². The van der Waals surface area contributed by atoms with E-state index < -0.39 is 0 Å². The topological polar surface area (TPSA) is 46.3 Å². The Morgan fingerprint density at radius 2 is 1.89 bits per heavy atom. The molecule has 0 aliphatic rings. The van der Waals surface area contributed by atoms with Gasteiger partial charge in [0.15, 0.2) is 0 Å². The van der Waals surface area contributed by atoms with Crippen LogP contribution < -0.4 is 5.73 Å². The first kappa shape index (κ1) is 14.7. The first-order valence-electron chi connectivity index (χ1n) is 6.55. The Kier molecular flexibility index (Phi) is 5.86. The molecule has 0 heterocycles. The molecule has 0 aromatic heterocycles. The lowest BCUT2D eigenvalue weighted by Gasteiger charge is -2.19. The van der Waals surface area contributed by atoms with E-state index in [2.05, 4.69) is 13.8 Å². The van der Waals surface area contributed by atoms with Gasteiger partial charge in [0, 0.05) is 20.1 Å². The van der Waals surface area contributed by atoms with Crippen LogP contribution in [0.1, 0.15) is 31.4 Å². The van der Waals surface area contributed by atoms with Gasteiger partial charge in [-0.2, -0.15) is 0 Å². The minimum atomic E-state index is 0.163. The summed E-state index contributed by atoms with van der Waals surface area (Å²) >= 11 is 0. The lowest BCUT2D eigenvalue weighted by atomic mass is 10.0. The zero-order chi connectivity index (χ0) is 13.5. The minimum absolute atomic E-state index is 0.163. The van der Waals surface area contributed by atoms with Crippen molar-refractivity contribution >= 4 is 5.91 Å². The number of amides is 1. The Hall–Kier alpha value is -1.35. The van der Waals surface area contributed by atoms with E-state index in [0.29, 0.717) is 18.9 Å². The van der Waals surface area contributed by atoms with E-state index in [0.717, 1.165) is 24.1 Å². The predicted molar refractivity (Wildman–Crippen MR) is 75.1 cm³/mol. The molecule has 3 nitrogen and oxygen atoms in total. The van der Waals surface area contributed by atoms with E-state index >= 15 is 0 Å². The molecule has 0 atom stereocenters. The highest BCUT2D eigenvalue weighted by molar-refractivity contribution is 5.78. The summed E-state index contributed by atoms with van der Waals surface area (Å²) in [7, 11) is 1.87. The predicted octanol–water partition coefficient (Wildman–Crippen LogP) is 2.19. The fourth-order valence-electron chi connectivity index (χ4n) is 1.80. The molecule has 3 heteroatoms. The highest BCUT2D eigenvalue weighted by Gasteiger charge is 2.11. The maximum atomic E-state index is 12.1. The van der Waals surface area contributed by atoms with Crippen molar-refractivity contribution in [2.45, 2.75) is 33.2 Å². The van der Waals surface area contributed by atoms with Gasteiger partial charge < -0.3 is 10.6 Å². The van der Waals surface area contributed by atoms with Gasteiger partial charge in [0.05, 0.1) is 6.42 Å². The molecule has 0 saturated carbocycles. The van der Waals surface area contributed by atoms with Gasteiger partial charge >= 0.3 is 0 Å². The summed E-state index contributed by atoms with van der Waals surface area (Å²) in [6, 6.07) is 7.88. The minimum Gasteiger partial charge on any atom is -0.345 e. The van der Waals surface area contributed by atoms with Crippen LogP contribution >= 0.6 is 0 Å². The number of nitrogens with zero attached hydrogens (tertiary/aromatic N) is 1. The molecule has 1 rings (SSSR count). The van der Waals surface area contributed by atoms with E-state index in [4.69, 9.17) is 5.73 Å². The lowest BCUT2D eigenvalue weighted by molar-refractivity contribution is -0.129. The Bertz CT molecular complexity index is 388. The molecule has 1 amide bonds. The monoisotopic (exact) mass is 248 g/mol. The summed E-state index contributed by atoms with van der Waals surface area (Å²) in [6.07, 6.45) is 1.49. The maximum Gasteiger partial charge on any atom is 0.226 e. The zero-order valence-electron chi connectivity index (χ0n) is 11.6. The Morgan fingerprint density at radius 1 is 1.28 bits per heavy atom. The van der Waals surface area contributed by atoms with Crippen molar-refractivity contribution < 1.29 is 4.79 Å². The highest BCUT2D eigenvalue weighted by Crippen LogP contribution is 2.10. The number of carbonyl (C=O) groups is 1. The summed E-state index contributed by atoms with van der Waals surface area (Å²) in [6.45, 7) is 5.64. The third-order valence-corrected chi connectivity index (χ3v) is 3.15. The molecule has 0 saturated heterocycles. The molecular formula is C15H24N2O. The third-order valence-electron chi connectivity index (χ3n) is 3.15. The van der Waals surface area contributed by atoms with E-state index in [1.807, 2.05) is 36.2 Å². The molecule has 0 aliphatic heterocycles. The fourth-order valence-corrected chi connectivity index (χ4v) is 1.80. The Labute approximate surface area is 110 Å². The second kappa shape index (κ2) is 7.17. The normalized spacial score (nSPS) is 10.7. The molecule has 0 aliphatic carbocycles. The summed E-state index contributed by atoms with van der Waals surface area (Å²) in [5.41, 5.74) is 7.78. The quantitative estimate of drug-likeness (QED) is 0.839. The van der Waals surface area contributed by atoms with Crippen molar-refractivity contribution in [3.63, 3.8) is 0 Å². The number of hydrogen-bond donors (Lipinski definition) is 1. The van der Waals surface area contributed by atoms with Crippen LogP contribution in [0.15, 0.2) is 24.3 Å². The van der Waals surface area contributed by atoms with Crippen LogP contribution in [0.25, 0.3) is 0 Å². The molecule has 1 aromatic rings. The Balaban J connectivity index is 2.58. The smallest absolute Gasteiger partial charge is 0.226 e. The lowest BCUT2D eigenvalue weighted by Crippen LogP contribution is -2.30. The van der Waals surface area contributed by atoms with Gasteiger partial charge in [0.1, 0.15) is 0 Å². The van der Waals surface area contributed by atoms with Crippen LogP contribution in [0.4, 0.5) is 0 Å². The van der Waals surface area contributed by atoms with Crippen LogP contribution in [0.3, 0.4) is 0 Å². The molecular weight excluding hydrogens is 224 g/mol. The van der Waals surface area contributed by atoms with Gasteiger partial charge in [0.25, 0.3) is 0 Å². The molecule has 0 spiro atoms. The van der Waals surface area contributed by atoms with E-state index in [9.17, 15) is 4.79 Å². The van der Waals surface area contributed by atoms with Crippen LogP contribution in [0.2, 0.25) is 0 Å². The van der Waals surface area contributed by atoms with Crippen molar-refractivity contribution in [2.24, 2.45) is 11.7 Å². The highest BCUT2D eigenvalue weighted by atomic mass is 16.2. The zero-order valence-corrected chi connectivity index (χ0v) is 11.6. The number of likely N-dealkylation sites (N-methyl/N-ethyl adjacent to an activating group) is 1. The molecule has 0 unspecified atom stereocenters. The largest absolute Gasteiger partial charge is 0.345 e. The van der Waals surface area contributed by atoms with Gasteiger partial charge in [-0.05, 0) is 23.5 Å². The van der Waals surface area contributed by atoms with E-state index in [1.165, 1.54) is 0 Å². The number of rotatable bonds is 6. The number of hydrogen-bond acceptors (Lipinski definition) is 2. The number of carbonyl (C=O) groups excluding carboxylic acids is 1. The van der Waals surface area contributed by atoms with Gasteiger partial charge in [0.2, 0.25) is 5.91 Å². The van der Waals surface area contributed by atoms with Crippen LogP contribution in [0, 0.1) is 5.92 Å². The average Bonchev–Trinajstić information content (AvgIpc) is 2.36. The number of nitrogens with two attached hydrogens (primary N) is 1. The van der Waals surface area contributed by atoms with Crippen molar-refractivity contribution in [3.8, 4) is 0 Å². The standard InChI is InChI=1S/C15H24N2O/c1-12(2)8-9-17(3)15(18)10-13-6-4-5-7-14(13)11-16/h4-7,12H,8-11,16H2,1-3H3. The van der Waals surface area contributed by atoms with E-state index in [-0.39, 0.29) is 5.91 Å². The molecule has 0 radical (unpaired) electrons. The summed E-state index contributed by atoms with van der Waals surface area (Å²) in [4.78, 5) is 13.9. The van der Waals surface area contributed by atoms with Gasteiger partial charge in [-0.3, -0.25) is 4.79 Å². The first-order valence-corrected chi connectivity index (χ1v) is 6.55. The molecule has 100 valence electrons. The maximum absolute atomic E-state index is 12.1. The molecule has 1 aromatic carbocycles. The van der Waals surface area contributed by atoms with Crippen LogP contribution in [-0.4, -0.2) is 24.4 Å². The van der Waals surface area contributed by atoms with Crippen molar-refractivity contribution in [1.29, 1.82) is 0 Å². The average molecular weight is 248 g/mol. The molecule has 0 bridgehead atoms. The van der Waals surface area contributed by atoms with Crippen molar-refractivity contribution in [2.75, 3.05) is 13.6 Å². The summed E-state index contributed by atoms with van der Waals surface area (Å²) in [5.74, 6) is 0.785. The molecule has 2 N–H and O–H groups in total. The second-order valence-electron chi connectivity index (χ2n) is 5.15. The van der Waals surface area contributed by atoms with Gasteiger partial charge in [-0.1, -0.05) is 38.1 Å². The summed E-state index contributed by atoms with van der Waals surface area (Å²) < 4.78 is 0. The second-order valence-corrected chi connectivity index (χ2v) is 5.15.